The van der Waals surface area contributed by atoms with E-state index in [1.807, 2.05) is 0 Å². The van der Waals surface area contributed by atoms with E-state index in [4.69, 9.17) is 25.8 Å². The molecule has 3 atom stereocenters. The summed E-state index contributed by atoms with van der Waals surface area (Å²) in [4.78, 5) is 10.4. The molecule has 1 aliphatic rings. The average Bonchev–Trinajstić information content (AvgIpc) is 2.79. The molecule has 0 spiro atoms. The third kappa shape index (κ3) is 5.96. The first-order valence-corrected chi connectivity index (χ1v) is 10.4. The first-order chi connectivity index (χ1) is 16.5. The molecule has 0 amide bonds. The van der Waals surface area contributed by atoms with E-state index in [0.717, 1.165) is 0 Å². The third-order valence-electron chi connectivity index (χ3n) is 5.33. The number of aliphatic hydroxyl groups excluding tert-OH is 1. The molecule has 0 aromatic heterocycles. The maximum absolute atomic E-state index is 10.4. The average molecular weight is 487 g/mol. The molecule has 0 saturated carbocycles. The predicted octanol–water partition coefficient (Wildman–Crippen LogP) is 1.60. The molecule has 0 saturated heterocycles. The van der Waals surface area contributed by atoms with Crippen molar-refractivity contribution in [2.75, 3.05) is 0 Å². The molecule has 3 aromatic carbocycles. The van der Waals surface area contributed by atoms with E-state index in [-0.39, 0.29) is 53.1 Å². The molecule has 1 aliphatic heterocycles. The van der Waals surface area contributed by atoms with Crippen LogP contribution in [-0.2, 0) is 17.6 Å². The lowest BCUT2D eigenvalue weighted by molar-refractivity contribution is -0.138. The highest BCUT2D eigenvalue weighted by Crippen LogP contribution is 2.42. The van der Waals surface area contributed by atoms with Crippen LogP contribution in [0.2, 0.25) is 0 Å². The lowest BCUT2D eigenvalue weighted by Gasteiger charge is -2.31. The Bertz CT molecular complexity index is 1230. The van der Waals surface area contributed by atoms with E-state index in [9.17, 15) is 30.3 Å². The zero-order valence-corrected chi connectivity index (χ0v) is 18.2. The van der Waals surface area contributed by atoms with Crippen molar-refractivity contribution in [1.29, 1.82) is 0 Å². The number of aliphatic hydroxyl groups is 1. The van der Waals surface area contributed by atoms with Crippen molar-refractivity contribution in [2.45, 2.75) is 31.1 Å². The van der Waals surface area contributed by atoms with Gasteiger partial charge in [-0.2, -0.15) is 0 Å². The Morgan fingerprint density at radius 2 is 1.51 bits per heavy atom. The minimum absolute atomic E-state index is 0.114. The molecule has 3 aromatic rings. The Morgan fingerprint density at radius 1 is 0.886 bits per heavy atom. The molecule has 0 bridgehead atoms. The van der Waals surface area contributed by atoms with Gasteiger partial charge in [-0.15, -0.1) is 0 Å². The smallest absolute Gasteiger partial charge is 0.320 e. The van der Waals surface area contributed by atoms with Gasteiger partial charge in [-0.1, -0.05) is 12.1 Å². The normalized spacial score (nSPS) is 17.3. The molecule has 186 valence electrons. The van der Waals surface area contributed by atoms with Gasteiger partial charge in [-0.25, -0.2) is 0 Å². The number of fused-ring (bicyclic) bond motifs is 1. The van der Waals surface area contributed by atoms with E-state index < -0.39 is 24.2 Å². The van der Waals surface area contributed by atoms with Crippen LogP contribution in [0.5, 0.6) is 40.2 Å². The number of aromatic hydroxyl groups is 6. The molecule has 11 heteroatoms. The van der Waals surface area contributed by atoms with Crippen LogP contribution < -0.4 is 10.5 Å². The van der Waals surface area contributed by atoms with Gasteiger partial charge in [0.2, 0.25) is 0 Å². The number of benzene rings is 3. The highest BCUT2D eigenvalue weighted by Gasteiger charge is 2.32. The fourth-order valence-electron chi connectivity index (χ4n) is 3.50. The summed E-state index contributed by atoms with van der Waals surface area (Å²) in [6, 6.07) is 9.76. The fourth-order valence-corrected chi connectivity index (χ4v) is 3.50. The van der Waals surface area contributed by atoms with Gasteiger partial charge in [0.25, 0.3) is 0 Å². The molecule has 35 heavy (non-hydrogen) atoms. The van der Waals surface area contributed by atoms with Gasteiger partial charge < -0.3 is 51.3 Å². The van der Waals surface area contributed by atoms with Crippen molar-refractivity contribution in [3.63, 3.8) is 0 Å². The largest absolute Gasteiger partial charge is 0.508 e. The molecule has 0 aliphatic carbocycles. The summed E-state index contributed by atoms with van der Waals surface area (Å²) in [5.41, 5.74) is 6.75. The number of rotatable bonds is 4. The summed E-state index contributed by atoms with van der Waals surface area (Å²) in [7, 11) is 0. The Hall–Kier alpha value is -4.35. The van der Waals surface area contributed by atoms with Crippen molar-refractivity contribution in [2.24, 2.45) is 5.73 Å². The molecule has 0 fully saturated rings. The molecule has 10 N–H and O–H groups in total. The number of ether oxygens (including phenoxy) is 1. The van der Waals surface area contributed by atoms with Crippen LogP contribution >= 0.6 is 0 Å². The van der Waals surface area contributed by atoms with Gasteiger partial charge in [0, 0.05) is 24.1 Å². The van der Waals surface area contributed by atoms with Gasteiger partial charge in [0.15, 0.2) is 23.0 Å². The summed E-state index contributed by atoms with van der Waals surface area (Å²) in [5, 5.41) is 74.9. The number of carboxylic acid groups (broad SMARTS) is 1. The SMILES string of the molecule is N[C@@H](Cc1ccc(O)c(O)c1)C(=O)O.Oc1cc(O)c2c(c1)O[C@H](c1ccc(O)c(O)c1)[C@@H](O)C2. The lowest BCUT2D eigenvalue weighted by atomic mass is 9.94. The van der Waals surface area contributed by atoms with Crippen LogP contribution in [0.4, 0.5) is 0 Å². The highest BCUT2D eigenvalue weighted by molar-refractivity contribution is 5.73. The van der Waals surface area contributed by atoms with Gasteiger partial charge in [-0.05, 0) is 41.8 Å². The summed E-state index contributed by atoms with van der Waals surface area (Å²) < 4.78 is 5.62. The van der Waals surface area contributed by atoms with E-state index in [0.29, 0.717) is 16.7 Å². The maximum Gasteiger partial charge on any atom is 0.320 e. The van der Waals surface area contributed by atoms with E-state index >= 15 is 0 Å². The standard InChI is InChI=1S/C15H14O6.C9H11NO4/c16-8-4-11(18)9-6-13(20)15(21-14(9)5-8)7-1-2-10(17)12(19)3-7;10-6(9(13)14)3-5-1-2-7(11)8(12)4-5/h1-5,13,15-20H,6H2;1-2,4,6,11-12H,3,10H2,(H,13,14)/t13-,15+;6-/m00/s1. The number of nitrogens with two attached hydrogens (primary N) is 1. The zero-order valence-electron chi connectivity index (χ0n) is 18.2. The molecular weight excluding hydrogens is 462 g/mol. The van der Waals surface area contributed by atoms with Crippen LogP contribution in [0.15, 0.2) is 48.5 Å². The van der Waals surface area contributed by atoms with Crippen LogP contribution in [0, 0.1) is 0 Å². The first-order valence-electron chi connectivity index (χ1n) is 10.4. The van der Waals surface area contributed by atoms with Crippen LogP contribution in [0.1, 0.15) is 22.8 Å². The lowest BCUT2D eigenvalue weighted by Crippen LogP contribution is -2.32. The quantitative estimate of drug-likeness (QED) is 0.241. The highest BCUT2D eigenvalue weighted by atomic mass is 16.5. The molecule has 4 rings (SSSR count). The van der Waals surface area contributed by atoms with E-state index in [1.54, 1.807) is 0 Å². The van der Waals surface area contributed by atoms with Gasteiger partial charge >= 0.3 is 5.97 Å². The Labute approximate surface area is 199 Å². The van der Waals surface area contributed by atoms with Gasteiger partial charge in [0.1, 0.15) is 29.4 Å². The van der Waals surface area contributed by atoms with Crippen molar-refractivity contribution in [3.8, 4) is 40.2 Å². The molecule has 11 nitrogen and oxygen atoms in total. The van der Waals surface area contributed by atoms with Crippen molar-refractivity contribution in [3.05, 3.63) is 65.2 Å². The summed E-state index contributed by atoms with van der Waals surface area (Å²) in [5.74, 6) is -2.20. The topological polar surface area (TPSA) is 214 Å². The number of hydrogen-bond donors (Lipinski definition) is 9. The molecule has 0 radical (unpaired) electrons. The minimum Gasteiger partial charge on any atom is -0.508 e. The summed E-state index contributed by atoms with van der Waals surface area (Å²) in [6.45, 7) is 0. The Kier molecular flexibility index (Phi) is 7.43. The fraction of sp³-hybridized carbons (Fsp3) is 0.208. The van der Waals surface area contributed by atoms with E-state index in [1.165, 1.54) is 48.5 Å². The number of phenolic OH excluding ortho intramolecular Hbond substituents is 6. The van der Waals surface area contributed by atoms with Gasteiger partial charge in [0.05, 0.1) is 6.10 Å². The predicted molar refractivity (Wildman–Crippen MR) is 122 cm³/mol. The van der Waals surface area contributed by atoms with Crippen LogP contribution in [0.25, 0.3) is 0 Å². The monoisotopic (exact) mass is 487 g/mol. The van der Waals surface area contributed by atoms with Crippen LogP contribution in [0.3, 0.4) is 0 Å². The molecule has 0 unspecified atom stereocenters. The summed E-state index contributed by atoms with van der Waals surface area (Å²) in [6.07, 6.45) is -1.45. The second kappa shape index (κ2) is 10.3. The van der Waals surface area contributed by atoms with Crippen molar-refractivity contribution >= 4 is 5.97 Å². The maximum atomic E-state index is 10.4. The first kappa shape index (κ1) is 25.3. The zero-order chi connectivity index (χ0) is 25.9. The Balaban J connectivity index is 0.000000214. The van der Waals surface area contributed by atoms with Crippen LogP contribution in [-0.4, -0.2) is 59.0 Å². The number of hydrogen-bond acceptors (Lipinski definition) is 10. The third-order valence-corrected chi connectivity index (χ3v) is 5.33. The Morgan fingerprint density at radius 3 is 2.11 bits per heavy atom. The van der Waals surface area contributed by atoms with E-state index in [2.05, 4.69) is 0 Å². The second-order valence-electron chi connectivity index (χ2n) is 7.97. The molecular formula is C24H25NO10. The van der Waals surface area contributed by atoms with Crippen molar-refractivity contribution in [1.82, 2.24) is 0 Å². The number of aliphatic carboxylic acids is 1. The number of carboxylic acids is 1. The number of phenols is 6. The number of carbonyl (C=O) groups is 1. The minimum atomic E-state index is -1.10. The van der Waals surface area contributed by atoms with Gasteiger partial charge in [-0.3, -0.25) is 4.79 Å². The summed E-state index contributed by atoms with van der Waals surface area (Å²) >= 11 is 0. The second-order valence-corrected chi connectivity index (χ2v) is 7.97. The van der Waals surface area contributed by atoms with Crippen molar-refractivity contribution < 1.29 is 50.4 Å². The molecule has 1 heterocycles.